The van der Waals surface area contributed by atoms with Gasteiger partial charge in [0.1, 0.15) is 22.9 Å². The molecule has 216 valence electrons. The zero-order valence-electron chi connectivity index (χ0n) is 24.0. The van der Waals surface area contributed by atoms with Crippen LogP contribution in [0.3, 0.4) is 0 Å². The van der Waals surface area contributed by atoms with Gasteiger partial charge in [0.25, 0.3) is 0 Å². The van der Waals surface area contributed by atoms with Crippen LogP contribution in [-0.4, -0.2) is 115 Å². The summed E-state index contributed by atoms with van der Waals surface area (Å²) in [5.41, 5.74) is 10.2. The highest BCUT2D eigenvalue weighted by atomic mass is 16.5. The molecule has 0 aliphatic carbocycles. The molecule has 0 amide bonds. The van der Waals surface area contributed by atoms with Gasteiger partial charge in [-0.1, -0.05) is 0 Å². The van der Waals surface area contributed by atoms with Crippen molar-refractivity contribution in [2.24, 2.45) is 5.73 Å². The molecule has 1 aromatic carbocycles. The normalized spacial score (nSPS) is 25.6. The average molecular weight is 559 g/mol. The second-order valence-corrected chi connectivity index (χ2v) is 11.3. The molecule has 3 fully saturated rings. The third-order valence-corrected chi connectivity index (χ3v) is 8.27. The lowest BCUT2D eigenvalue weighted by molar-refractivity contribution is -0.0327. The molecule has 12 nitrogen and oxygen atoms in total. The molecule has 6 rings (SSSR count). The van der Waals surface area contributed by atoms with Crippen LogP contribution in [0, 0.1) is 18.3 Å². The van der Waals surface area contributed by atoms with Crippen LogP contribution in [0.4, 0.5) is 17.5 Å². The Morgan fingerprint density at radius 2 is 1.78 bits per heavy atom. The van der Waals surface area contributed by atoms with Crippen molar-refractivity contribution in [1.82, 2.24) is 24.8 Å². The minimum atomic E-state index is -0.0414. The van der Waals surface area contributed by atoms with Crippen molar-refractivity contribution >= 4 is 28.5 Å². The Kier molecular flexibility index (Phi) is 7.86. The number of morpholine rings is 1. The molecule has 12 heteroatoms. The minimum absolute atomic E-state index is 0.00433. The maximum absolute atomic E-state index is 9.52. The van der Waals surface area contributed by atoms with Crippen molar-refractivity contribution in [2.45, 2.75) is 38.2 Å². The Morgan fingerprint density at radius 3 is 2.51 bits per heavy atom. The molecular formula is C29H38N10O2. The largest absolute Gasteiger partial charge is 0.378 e. The van der Waals surface area contributed by atoms with E-state index in [0.29, 0.717) is 24.2 Å². The Labute approximate surface area is 240 Å². The minimum Gasteiger partial charge on any atom is -0.378 e. The van der Waals surface area contributed by atoms with Crippen molar-refractivity contribution < 1.29 is 9.47 Å². The summed E-state index contributed by atoms with van der Waals surface area (Å²) in [6, 6.07) is 8.10. The van der Waals surface area contributed by atoms with Crippen LogP contribution < -0.4 is 20.4 Å². The number of aryl methyl sites for hydroxylation is 1. The molecular weight excluding hydrogens is 520 g/mol. The van der Waals surface area contributed by atoms with Crippen molar-refractivity contribution in [1.29, 1.82) is 5.26 Å². The highest BCUT2D eigenvalue weighted by Crippen LogP contribution is 2.29. The maximum Gasteiger partial charge on any atom is 0.227 e. The molecule has 3 aromatic rings. The molecule has 3 aliphatic rings. The first-order chi connectivity index (χ1) is 19.9. The number of methoxy groups -OCH3 is 1. The highest BCUT2D eigenvalue weighted by Gasteiger charge is 2.33. The number of nitrogens with zero attached hydrogens (tertiary/aromatic N) is 9. The molecule has 0 bridgehead atoms. The summed E-state index contributed by atoms with van der Waals surface area (Å²) in [4.78, 5) is 27.9. The van der Waals surface area contributed by atoms with Gasteiger partial charge in [0.15, 0.2) is 0 Å². The van der Waals surface area contributed by atoms with Gasteiger partial charge in [0.05, 0.1) is 35.6 Å². The van der Waals surface area contributed by atoms with Gasteiger partial charge < -0.3 is 29.9 Å². The number of rotatable bonds is 6. The first-order valence-electron chi connectivity index (χ1n) is 14.3. The van der Waals surface area contributed by atoms with E-state index in [-0.39, 0.29) is 24.4 Å². The van der Waals surface area contributed by atoms with Crippen molar-refractivity contribution in [3.8, 4) is 6.07 Å². The number of hydrogen-bond acceptors (Lipinski definition) is 12. The molecule has 0 radical (unpaired) electrons. The van der Waals surface area contributed by atoms with E-state index in [1.807, 2.05) is 19.1 Å². The number of hydrogen-bond donors (Lipinski definition) is 1. The maximum atomic E-state index is 9.52. The third-order valence-electron chi connectivity index (χ3n) is 8.27. The second-order valence-electron chi connectivity index (χ2n) is 11.3. The van der Waals surface area contributed by atoms with Gasteiger partial charge in [-0.15, -0.1) is 0 Å². The van der Waals surface area contributed by atoms with Crippen LogP contribution in [0.25, 0.3) is 11.0 Å². The fourth-order valence-electron chi connectivity index (χ4n) is 6.23. The van der Waals surface area contributed by atoms with E-state index in [2.05, 4.69) is 48.6 Å². The Bertz CT molecular complexity index is 1420. The zero-order valence-corrected chi connectivity index (χ0v) is 24.0. The van der Waals surface area contributed by atoms with Crippen LogP contribution in [0.5, 0.6) is 0 Å². The fourth-order valence-corrected chi connectivity index (χ4v) is 6.23. The Morgan fingerprint density at radius 1 is 1.00 bits per heavy atom. The summed E-state index contributed by atoms with van der Waals surface area (Å²) < 4.78 is 11.9. The van der Waals surface area contributed by atoms with Gasteiger partial charge in [-0.25, -0.2) is 4.98 Å². The Balaban J connectivity index is 1.09. The number of nitriles is 1. The van der Waals surface area contributed by atoms with E-state index >= 15 is 0 Å². The van der Waals surface area contributed by atoms with E-state index in [4.69, 9.17) is 25.2 Å². The summed E-state index contributed by atoms with van der Waals surface area (Å²) in [7, 11) is 1.70. The van der Waals surface area contributed by atoms with Crippen molar-refractivity contribution in [2.75, 3.05) is 80.7 Å². The lowest BCUT2D eigenvalue weighted by atomic mass is 10.1. The highest BCUT2D eigenvalue weighted by molar-refractivity contribution is 5.92. The molecule has 2 N–H and O–H groups in total. The molecule has 41 heavy (non-hydrogen) atoms. The SMILES string of the molecule is CO[C@H]1CN(c2nc(C)cc(N3CCN(C[C@H]4CN(c5ccc(C#N)c6nccnc56)C[C@@H](C)O4)CC3)n2)C[C@@H]1N. The predicted octanol–water partition coefficient (Wildman–Crippen LogP) is 1.18. The number of piperazine rings is 1. The summed E-state index contributed by atoms with van der Waals surface area (Å²) in [5, 5.41) is 9.52. The second kappa shape index (κ2) is 11.7. The van der Waals surface area contributed by atoms with Gasteiger partial charge in [-0.2, -0.15) is 10.2 Å². The van der Waals surface area contributed by atoms with Crippen LogP contribution in [0.1, 0.15) is 18.2 Å². The van der Waals surface area contributed by atoms with Crippen LogP contribution in [-0.2, 0) is 9.47 Å². The first kappa shape index (κ1) is 27.5. The van der Waals surface area contributed by atoms with Crippen LogP contribution >= 0.6 is 0 Å². The van der Waals surface area contributed by atoms with E-state index in [0.717, 1.165) is 74.5 Å². The number of aromatic nitrogens is 4. The monoisotopic (exact) mass is 558 g/mol. The number of ether oxygens (including phenoxy) is 2. The lowest BCUT2D eigenvalue weighted by Crippen LogP contribution is -2.54. The van der Waals surface area contributed by atoms with Gasteiger partial charge in [0.2, 0.25) is 5.95 Å². The molecule has 4 atom stereocenters. The molecule has 0 unspecified atom stereocenters. The molecule has 2 aromatic heterocycles. The summed E-state index contributed by atoms with van der Waals surface area (Å²) in [5.74, 6) is 1.69. The van der Waals surface area contributed by atoms with E-state index in [1.165, 1.54) is 0 Å². The topological polar surface area (TPSA) is 133 Å². The van der Waals surface area contributed by atoms with E-state index < -0.39 is 0 Å². The van der Waals surface area contributed by atoms with Crippen molar-refractivity contribution in [3.05, 3.63) is 41.9 Å². The van der Waals surface area contributed by atoms with Gasteiger partial charge in [0, 0.05) is 90.2 Å². The van der Waals surface area contributed by atoms with Gasteiger partial charge >= 0.3 is 0 Å². The van der Waals surface area contributed by atoms with E-state index in [9.17, 15) is 5.26 Å². The predicted molar refractivity (Wildman–Crippen MR) is 157 cm³/mol. The standard InChI is InChI=1S/C29H38N10O2/c1-19-12-26(35-29(34-19)39-17-23(31)25(18-39)40-3)37-10-8-36(9-11-37)15-22-16-38(14-20(2)41-22)24-5-4-21(13-30)27-28(24)33-7-6-32-27/h4-7,12,20,22-23,25H,8-11,14-18,31H2,1-3H3/t20-,22+,23+,25+/m1/s1. The summed E-state index contributed by atoms with van der Waals surface area (Å²) in [6.45, 7) is 11.5. The molecule has 3 aliphatic heterocycles. The summed E-state index contributed by atoms with van der Waals surface area (Å²) in [6.07, 6.45) is 3.46. The summed E-state index contributed by atoms with van der Waals surface area (Å²) >= 11 is 0. The quantitative estimate of drug-likeness (QED) is 0.466. The number of nitrogens with two attached hydrogens (primary N) is 1. The molecule has 3 saturated heterocycles. The number of benzene rings is 1. The van der Waals surface area contributed by atoms with Gasteiger partial charge in [-0.3, -0.25) is 14.9 Å². The van der Waals surface area contributed by atoms with Crippen LogP contribution in [0.15, 0.2) is 30.6 Å². The molecule has 0 saturated carbocycles. The smallest absolute Gasteiger partial charge is 0.227 e. The lowest BCUT2D eigenvalue weighted by Gasteiger charge is -2.42. The van der Waals surface area contributed by atoms with Gasteiger partial charge in [-0.05, 0) is 26.0 Å². The van der Waals surface area contributed by atoms with E-state index in [1.54, 1.807) is 19.5 Å². The fraction of sp³-hybridized carbons (Fsp3) is 0.552. The number of fused-ring (bicyclic) bond motifs is 1. The molecule has 5 heterocycles. The third kappa shape index (κ3) is 5.76. The average Bonchev–Trinajstić information content (AvgIpc) is 3.37. The Hall–Kier alpha value is -3.63. The van der Waals surface area contributed by atoms with Crippen molar-refractivity contribution in [3.63, 3.8) is 0 Å². The number of anilines is 3. The first-order valence-corrected chi connectivity index (χ1v) is 14.3. The zero-order chi connectivity index (χ0) is 28.5. The molecule has 0 spiro atoms. The van der Waals surface area contributed by atoms with Crippen LogP contribution in [0.2, 0.25) is 0 Å².